The Hall–Kier alpha value is -2.95. The third-order valence-corrected chi connectivity index (χ3v) is 4.55. The molecule has 0 aliphatic heterocycles. The van der Waals surface area contributed by atoms with Crippen LogP contribution in [0.2, 0.25) is 5.02 Å². The lowest BCUT2D eigenvalue weighted by Gasteiger charge is -2.27. The lowest BCUT2D eigenvalue weighted by Crippen LogP contribution is -2.43. The SMILES string of the molecule is CC(=NNC(=O)C(O)(c1ccccc1)c1ccccc1)c1ccc(Cl)cc1. The smallest absolute Gasteiger partial charge is 0.281 e. The van der Waals surface area contributed by atoms with Crippen molar-refractivity contribution in [2.45, 2.75) is 12.5 Å². The molecular weight excluding hydrogens is 360 g/mol. The van der Waals surface area contributed by atoms with E-state index in [0.29, 0.717) is 21.9 Å². The molecule has 3 rings (SSSR count). The molecule has 3 aromatic carbocycles. The number of halogens is 1. The number of benzene rings is 3. The van der Waals surface area contributed by atoms with Gasteiger partial charge >= 0.3 is 0 Å². The van der Waals surface area contributed by atoms with Crippen LogP contribution in [0, 0.1) is 0 Å². The summed E-state index contributed by atoms with van der Waals surface area (Å²) in [7, 11) is 0. The maximum absolute atomic E-state index is 13.0. The van der Waals surface area contributed by atoms with E-state index >= 15 is 0 Å². The molecule has 0 saturated heterocycles. The summed E-state index contributed by atoms with van der Waals surface area (Å²) in [6.45, 7) is 1.77. The van der Waals surface area contributed by atoms with Crippen molar-refractivity contribution in [2.24, 2.45) is 5.10 Å². The molecule has 136 valence electrons. The summed E-state index contributed by atoms with van der Waals surface area (Å²) < 4.78 is 0. The van der Waals surface area contributed by atoms with Crippen LogP contribution in [0.25, 0.3) is 0 Å². The number of carbonyl (C=O) groups is 1. The second-order valence-corrected chi connectivity index (χ2v) is 6.52. The van der Waals surface area contributed by atoms with Gasteiger partial charge in [-0.1, -0.05) is 84.4 Å². The first-order chi connectivity index (χ1) is 13.0. The standard InChI is InChI=1S/C22H19ClN2O2/c1-16(17-12-14-20(23)15-13-17)24-25-21(26)22(27,18-8-4-2-5-9-18)19-10-6-3-7-11-19/h2-15,27H,1H3,(H,25,26). The number of carbonyl (C=O) groups excluding carboxylic acids is 1. The highest BCUT2D eigenvalue weighted by Crippen LogP contribution is 2.29. The number of aliphatic hydroxyl groups is 1. The van der Waals surface area contributed by atoms with Crippen molar-refractivity contribution < 1.29 is 9.90 Å². The number of hydrogen-bond acceptors (Lipinski definition) is 3. The van der Waals surface area contributed by atoms with E-state index in [1.165, 1.54) is 0 Å². The van der Waals surface area contributed by atoms with Crippen LogP contribution in [0.1, 0.15) is 23.6 Å². The van der Waals surface area contributed by atoms with Crippen LogP contribution >= 0.6 is 11.6 Å². The normalized spacial score (nSPS) is 11.9. The molecule has 0 bridgehead atoms. The van der Waals surface area contributed by atoms with Crippen LogP contribution in [0.3, 0.4) is 0 Å². The second-order valence-electron chi connectivity index (χ2n) is 6.09. The minimum absolute atomic E-state index is 0.466. The fraction of sp³-hybridized carbons (Fsp3) is 0.0909. The number of amides is 1. The molecule has 0 spiro atoms. The Labute approximate surface area is 163 Å². The van der Waals surface area contributed by atoms with Gasteiger partial charge in [-0.3, -0.25) is 4.79 Å². The third-order valence-electron chi connectivity index (χ3n) is 4.30. The van der Waals surface area contributed by atoms with Gasteiger partial charge in [0.1, 0.15) is 0 Å². The van der Waals surface area contributed by atoms with Crippen molar-refractivity contribution in [3.8, 4) is 0 Å². The zero-order chi connectivity index (χ0) is 19.3. The number of nitrogens with one attached hydrogen (secondary N) is 1. The first kappa shape index (κ1) is 18.8. The molecular formula is C22H19ClN2O2. The predicted octanol–water partition coefficient (Wildman–Crippen LogP) is 4.12. The van der Waals surface area contributed by atoms with Crippen LogP contribution in [-0.2, 0) is 10.4 Å². The molecule has 0 heterocycles. The molecule has 0 fully saturated rings. The Morgan fingerprint density at radius 2 is 1.37 bits per heavy atom. The van der Waals surface area contributed by atoms with Gasteiger partial charge in [0.25, 0.3) is 5.91 Å². The lowest BCUT2D eigenvalue weighted by molar-refractivity contribution is -0.136. The van der Waals surface area contributed by atoms with E-state index in [1.807, 2.05) is 24.3 Å². The van der Waals surface area contributed by atoms with Gasteiger partial charge in [-0.05, 0) is 35.7 Å². The predicted molar refractivity (Wildman–Crippen MR) is 108 cm³/mol. The van der Waals surface area contributed by atoms with Gasteiger partial charge in [-0.25, -0.2) is 5.43 Å². The molecule has 0 aliphatic rings. The van der Waals surface area contributed by atoms with Crippen molar-refractivity contribution >= 4 is 23.2 Å². The Morgan fingerprint density at radius 3 is 1.85 bits per heavy atom. The van der Waals surface area contributed by atoms with Crippen LogP contribution < -0.4 is 5.43 Å². The van der Waals surface area contributed by atoms with Crippen molar-refractivity contribution in [2.75, 3.05) is 0 Å². The minimum Gasteiger partial charge on any atom is -0.372 e. The molecule has 5 heteroatoms. The van der Waals surface area contributed by atoms with E-state index < -0.39 is 11.5 Å². The Balaban J connectivity index is 1.92. The Kier molecular flexibility index (Phi) is 5.69. The Bertz CT molecular complexity index is 900. The van der Waals surface area contributed by atoms with E-state index in [4.69, 9.17) is 11.6 Å². The molecule has 0 aliphatic carbocycles. The zero-order valence-corrected chi connectivity index (χ0v) is 15.5. The van der Waals surface area contributed by atoms with Gasteiger partial charge in [0.2, 0.25) is 0 Å². The van der Waals surface area contributed by atoms with Crippen LogP contribution in [-0.4, -0.2) is 16.7 Å². The summed E-state index contributed by atoms with van der Waals surface area (Å²) in [4.78, 5) is 13.0. The fourth-order valence-corrected chi connectivity index (χ4v) is 2.88. The van der Waals surface area contributed by atoms with Crippen molar-refractivity contribution in [3.05, 3.63) is 107 Å². The first-order valence-corrected chi connectivity index (χ1v) is 8.83. The summed E-state index contributed by atoms with van der Waals surface area (Å²) in [6, 6.07) is 24.7. The van der Waals surface area contributed by atoms with E-state index in [9.17, 15) is 9.90 Å². The quantitative estimate of drug-likeness (QED) is 0.518. The number of nitrogens with zero attached hydrogens (tertiary/aromatic N) is 1. The highest BCUT2D eigenvalue weighted by molar-refractivity contribution is 6.30. The van der Waals surface area contributed by atoms with Crippen LogP contribution in [0.5, 0.6) is 0 Å². The van der Waals surface area contributed by atoms with Gasteiger partial charge < -0.3 is 5.11 Å². The largest absolute Gasteiger partial charge is 0.372 e. The molecule has 3 aromatic rings. The topological polar surface area (TPSA) is 61.7 Å². The molecule has 0 unspecified atom stereocenters. The van der Waals surface area contributed by atoms with Crippen molar-refractivity contribution in [1.82, 2.24) is 5.43 Å². The molecule has 0 radical (unpaired) electrons. The summed E-state index contributed by atoms with van der Waals surface area (Å²) in [5.74, 6) is -0.631. The average Bonchev–Trinajstić information content (AvgIpc) is 2.73. The summed E-state index contributed by atoms with van der Waals surface area (Å²) in [6.07, 6.45) is 0. The van der Waals surface area contributed by atoms with E-state index in [-0.39, 0.29) is 0 Å². The number of rotatable bonds is 5. The maximum atomic E-state index is 13.0. The van der Waals surface area contributed by atoms with E-state index in [0.717, 1.165) is 5.56 Å². The average molecular weight is 379 g/mol. The van der Waals surface area contributed by atoms with Gasteiger partial charge in [0.15, 0.2) is 5.60 Å². The van der Waals surface area contributed by atoms with Crippen molar-refractivity contribution in [3.63, 3.8) is 0 Å². The lowest BCUT2D eigenvalue weighted by atomic mass is 9.85. The molecule has 0 atom stereocenters. The summed E-state index contributed by atoms with van der Waals surface area (Å²) >= 11 is 5.90. The number of hydrogen-bond donors (Lipinski definition) is 2. The van der Waals surface area contributed by atoms with Crippen LogP contribution in [0.4, 0.5) is 0 Å². The Morgan fingerprint density at radius 1 is 0.889 bits per heavy atom. The summed E-state index contributed by atoms with van der Waals surface area (Å²) in [5.41, 5.74) is 3.00. The summed E-state index contributed by atoms with van der Waals surface area (Å²) in [5, 5.41) is 16.1. The fourth-order valence-electron chi connectivity index (χ4n) is 2.76. The highest BCUT2D eigenvalue weighted by Gasteiger charge is 2.39. The minimum atomic E-state index is -1.85. The first-order valence-electron chi connectivity index (χ1n) is 8.46. The van der Waals surface area contributed by atoms with E-state index in [2.05, 4.69) is 10.5 Å². The molecule has 2 N–H and O–H groups in total. The monoisotopic (exact) mass is 378 g/mol. The van der Waals surface area contributed by atoms with Crippen LogP contribution in [0.15, 0.2) is 90.0 Å². The third kappa shape index (κ3) is 4.08. The van der Waals surface area contributed by atoms with Crippen molar-refractivity contribution in [1.29, 1.82) is 0 Å². The zero-order valence-electron chi connectivity index (χ0n) is 14.8. The molecule has 27 heavy (non-hydrogen) atoms. The maximum Gasteiger partial charge on any atom is 0.281 e. The highest BCUT2D eigenvalue weighted by atomic mass is 35.5. The van der Waals surface area contributed by atoms with Gasteiger partial charge in [0, 0.05) is 5.02 Å². The molecule has 1 amide bonds. The van der Waals surface area contributed by atoms with Gasteiger partial charge in [0.05, 0.1) is 5.71 Å². The molecule has 0 aromatic heterocycles. The van der Waals surface area contributed by atoms with E-state index in [1.54, 1.807) is 67.6 Å². The molecule has 0 saturated carbocycles. The number of hydrazone groups is 1. The molecule has 4 nitrogen and oxygen atoms in total. The second kappa shape index (κ2) is 8.16. The van der Waals surface area contributed by atoms with Gasteiger partial charge in [-0.2, -0.15) is 5.10 Å². The van der Waals surface area contributed by atoms with Gasteiger partial charge in [-0.15, -0.1) is 0 Å².